The number of hydrogen-bond donors (Lipinski definition) is 1. The van der Waals surface area contributed by atoms with Crippen LogP contribution in [-0.2, 0) is 5.60 Å². The van der Waals surface area contributed by atoms with Gasteiger partial charge in [-0.15, -0.1) is 13.2 Å². The molecule has 0 aliphatic carbocycles. The Kier molecular flexibility index (Phi) is 8.45. The van der Waals surface area contributed by atoms with E-state index in [1.54, 1.807) is 6.07 Å². The number of alkyl halides is 3. The largest absolute Gasteiger partial charge is 1.00 e. The van der Waals surface area contributed by atoms with Crippen molar-refractivity contribution < 1.29 is 49.2 Å². The second-order valence-electron chi connectivity index (χ2n) is 10.4. The summed E-state index contributed by atoms with van der Waals surface area (Å²) in [4.78, 5) is 0. The maximum atomic E-state index is 12.5. The van der Waals surface area contributed by atoms with Crippen molar-refractivity contribution in [1.82, 2.24) is 0 Å². The summed E-state index contributed by atoms with van der Waals surface area (Å²) in [5.41, 5.74) is 0.644. The lowest BCUT2D eigenvalue weighted by atomic mass is 9.56. The highest BCUT2D eigenvalue weighted by Gasteiger charge is 2.60. The van der Waals surface area contributed by atoms with Crippen molar-refractivity contribution in [2.75, 3.05) is 32.8 Å². The monoisotopic (exact) mass is 591 g/mol. The average Bonchev–Trinajstić information content (AvgIpc) is 2.92. The van der Waals surface area contributed by atoms with Crippen LogP contribution < -0.4 is 26.5 Å². The van der Waals surface area contributed by atoms with Crippen molar-refractivity contribution in [1.29, 1.82) is 0 Å². The van der Waals surface area contributed by atoms with Gasteiger partial charge < -0.3 is 36.0 Å². The van der Waals surface area contributed by atoms with E-state index >= 15 is 0 Å². The van der Waals surface area contributed by atoms with E-state index in [0.717, 1.165) is 67.5 Å². The maximum absolute atomic E-state index is 12.5. The van der Waals surface area contributed by atoms with Crippen LogP contribution in [-0.4, -0.2) is 48.7 Å². The summed E-state index contributed by atoms with van der Waals surface area (Å²) in [5.74, 6) is 0.0911. The first-order valence-corrected chi connectivity index (χ1v) is 12.9. The molecule has 2 bridgehead atoms. The molecule has 3 fully saturated rings. The van der Waals surface area contributed by atoms with Crippen LogP contribution in [0.4, 0.5) is 13.2 Å². The first-order valence-electron chi connectivity index (χ1n) is 12.9. The molecule has 3 aliphatic rings. The second kappa shape index (κ2) is 11.3. The number of halogens is 4. The molecule has 8 heteroatoms. The SMILES string of the molecule is OC(c1ccccc1)(c1ccccc1)C12CC[N+](CCCOc3cccc(OC(F)(F)F)c3)(CC1)CC2.[Br-]. The number of benzene rings is 3. The van der Waals surface area contributed by atoms with Crippen molar-refractivity contribution in [3.8, 4) is 11.5 Å². The van der Waals surface area contributed by atoms with Crippen LogP contribution in [0.1, 0.15) is 36.8 Å². The normalized spacial score (nSPS) is 22.9. The van der Waals surface area contributed by atoms with Crippen molar-refractivity contribution in [2.45, 2.75) is 37.6 Å². The standard InChI is InChI=1S/C30H33F3NO3.BrH/c31-30(32,33)37-27-14-7-13-26(23-27)36-22-8-18-34-19-15-28(16-20-34,17-21-34)29(35,24-9-3-1-4-10-24)25-11-5-2-6-12-25;/h1-7,9-14,23,35H,8,15-22H2;1H/q+1;/p-1. The van der Waals surface area contributed by atoms with Gasteiger partial charge >= 0.3 is 6.36 Å². The Morgan fingerprint density at radius 1 is 0.763 bits per heavy atom. The third kappa shape index (κ3) is 5.72. The zero-order chi connectivity index (χ0) is 26.0. The molecule has 0 spiro atoms. The quantitative estimate of drug-likeness (QED) is 0.307. The molecule has 4 nitrogen and oxygen atoms in total. The van der Waals surface area contributed by atoms with Crippen LogP contribution in [0.3, 0.4) is 0 Å². The fourth-order valence-electron chi connectivity index (χ4n) is 6.43. The molecule has 3 saturated heterocycles. The van der Waals surface area contributed by atoms with Gasteiger partial charge in [0, 0.05) is 37.2 Å². The highest BCUT2D eigenvalue weighted by molar-refractivity contribution is 5.39. The van der Waals surface area contributed by atoms with Gasteiger partial charge in [-0.05, 0) is 23.3 Å². The molecule has 38 heavy (non-hydrogen) atoms. The molecule has 0 aromatic heterocycles. The van der Waals surface area contributed by atoms with E-state index in [0.29, 0.717) is 12.4 Å². The summed E-state index contributed by atoms with van der Waals surface area (Å²) < 4.78 is 48.2. The smallest absolute Gasteiger partial charge is 0.573 e. The fourth-order valence-corrected chi connectivity index (χ4v) is 6.43. The van der Waals surface area contributed by atoms with Crippen LogP contribution >= 0.6 is 0 Å². The number of ether oxygens (including phenoxy) is 2. The van der Waals surface area contributed by atoms with E-state index in [-0.39, 0.29) is 28.1 Å². The van der Waals surface area contributed by atoms with Crippen LogP contribution in [0.5, 0.6) is 11.5 Å². The summed E-state index contributed by atoms with van der Waals surface area (Å²) in [7, 11) is 0. The first-order chi connectivity index (χ1) is 17.7. The third-order valence-corrected chi connectivity index (χ3v) is 8.43. The summed E-state index contributed by atoms with van der Waals surface area (Å²) in [6.07, 6.45) is -1.11. The molecule has 0 saturated carbocycles. The lowest BCUT2D eigenvalue weighted by molar-refractivity contribution is -0.946. The van der Waals surface area contributed by atoms with E-state index in [4.69, 9.17) is 4.74 Å². The van der Waals surface area contributed by atoms with Crippen molar-refractivity contribution in [3.63, 3.8) is 0 Å². The molecule has 204 valence electrons. The van der Waals surface area contributed by atoms with E-state index in [1.807, 2.05) is 60.7 Å². The van der Waals surface area contributed by atoms with Gasteiger partial charge in [0.2, 0.25) is 0 Å². The number of rotatable bonds is 9. The van der Waals surface area contributed by atoms with Gasteiger partial charge in [0.1, 0.15) is 17.1 Å². The van der Waals surface area contributed by atoms with Crippen molar-refractivity contribution in [3.05, 3.63) is 96.1 Å². The zero-order valence-electron chi connectivity index (χ0n) is 21.2. The molecule has 3 aromatic rings. The Morgan fingerprint density at radius 2 is 1.29 bits per heavy atom. The predicted molar refractivity (Wildman–Crippen MR) is 135 cm³/mol. The van der Waals surface area contributed by atoms with Gasteiger partial charge in [-0.3, -0.25) is 0 Å². The first kappa shape index (κ1) is 28.5. The molecule has 1 N–H and O–H groups in total. The predicted octanol–water partition coefficient (Wildman–Crippen LogP) is 3.29. The summed E-state index contributed by atoms with van der Waals surface area (Å²) in [6.45, 7) is 4.37. The van der Waals surface area contributed by atoms with Crippen LogP contribution in [0, 0.1) is 5.41 Å². The highest BCUT2D eigenvalue weighted by Crippen LogP contribution is 2.57. The highest BCUT2D eigenvalue weighted by atomic mass is 79.9. The Morgan fingerprint density at radius 3 is 1.82 bits per heavy atom. The van der Waals surface area contributed by atoms with Crippen LogP contribution in [0.15, 0.2) is 84.9 Å². The summed E-state index contributed by atoms with van der Waals surface area (Å²) >= 11 is 0. The molecular weight excluding hydrogens is 559 g/mol. The average molecular weight is 592 g/mol. The molecular formula is C30H33BrF3NO3. The minimum atomic E-state index is -4.72. The van der Waals surface area contributed by atoms with Gasteiger partial charge in [-0.1, -0.05) is 66.7 Å². The molecule has 3 aliphatic heterocycles. The van der Waals surface area contributed by atoms with Gasteiger partial charge in [-0.2, -0.15) is 0 Å². The molecule has 0 amide bonds. The Labute approximate surface area is 232 Å². The zero-order valence-corrected chi connectivity index (χ0v) is 22.8. The van der Waals surface area contributed by atoms with E-state index in [1.165, 1.54) is 18.2 Å². The Balaban J connectivity index is 0.00000336. The number of piperidine rings is 3. The van der Waals surface area contributed by atoms with Gasteiger partial charge in [0.05, 0.1) is 32.8 Å². The summed E-state index contributed by atoms with van der Waals surface area (Å²) in [5, 5.41) is 12.5. The number of hydrogen-bond acceptors (Lipinski definition) is 3. The van der Waals surface area contributed by atoms with Gasteiger partial charge in [-0.25, -0.2) is 0 Å². The number of nitrogens with zero attached hydrogens (tertiary/aromatic N) is 1. The minimum absolute atomic E-state index is 0. The van der Waals surface area contributed by atoms with Crippen molar-refractivity contribution >= 4 is 0 Å². The molecule has 0 atom stereocenters. The number of quaternary nitrogens is 1. The Bertz CT molecular complexity index is 1130. The molecule has 3 aromatic carbocycles. The molecule has 0 unspecified atom stereocenters. The lowest BCUT2D eigenvalue weighted by Gasteiger charge is -2.60. The van der Waals surface area contributed by atoms with Crippen LogP contribution in [0.2, 0.25) is 0 Å². The van der Waals surface area contributed by atoms with E-state index in [2.05, 4.69) is 4.74 Å². The van der Waals surface area contributed by atoms with Gasteiger partial charge in [0.15, 0.2) is 0 Å². The molecule has 6 rings (SSSR count). The topological polar surface area (TPSA) is 38.7 Å². The fraction of sp³-hybridized carbons (Fsp3) is 0.400. The van der Waals surface area contributed by atoms with Crippen LogP contribution in [0.25, 0.3) is 0 Å². The lowest BCUT2D eigenvalue weighted by Crippen LogP contribution is -3.00. The molecule has 3 heterocycles. The number of fused-ring (bicyclic) bond motifs is 3. The van der Waals surface area contributed by atoms with E-state index < -0.39 is 12.0 Å². The molecule has 0 radical (unpaired) electrons. The maximum Gasteiger partial charge on any atom is 0.573 e. The minimum Gasteiger partial charge on any atom is -1.00 e. The van der Waals surface area contributed by atoms with Gasteiger partial charge in [0.25, 0.3) is 0 Å². The second-order valence-corrected chi connectivity index (χ2v) is 10.4. The summed E-state index contributed by atoms with van der Waals surface area (Å²) in [6, 6.07) is 25.8. The third-order valence-electron chi connectivity index (χ3n) is 8.43. The van der Waals surface area contributed by atoms with Crippen molar-refractivity contribution in [2.24, 2.45) is 5.41 Å². The number of aliphatic hydroxyl groups is 1. The Hall–Kier alpha value is -2.55. The van der Waals surface area contributed by atoms with E-state index in [9.17, 15) is 18.3 Å².